The number of carbonyl (C=O) groups is 1. The number of fused-ring (bicyclic) bond motifs is 2. The Kier molecular flexibility index (Phi) is 2.38. The summed E-state index contributed by atoms with van der Waals surface area (Å²) in [5.41, 5.74) is 1.35. The smallest absolute Gasteiger partial charge is 0.159 e. The van der Waals surface area contributed by atoms with Crippen molar-refractivity contribution in [3.63, 3.8) is 0 Å². The fourth-order valence-electron chi connectivity index (χ4n) is 2.86. The molecule has 1 aliphatic carbocycles. The summed E-state index contributed by atoms with van der Waals surface area (Å²) in [7, 11) is 0. The maximum Gasteiger partial charge on any atom is 0.159 e. The van der Waals surface area contributed by atoms with Crippen molar-refractivity contribution in [3.8, 4) is 12.3 Å². The van der Waals surface area contributed by atoms with Crippen LogP contribution >= 0.6 is 23.1 Å². The van der Waals surface area contributed by atoms with Gasteiger partial charge in [0.2, 0.25) is 0 Å². The molecule has 2 aliphatic rings. The zero-order valence-electron chi connectivity index (χ0n) is 8.86. The quantitative estimate of drug-likeness (QED) is 0.657. The third-order valence-corrected chi connectivity index (χ3v) is 6.16. The highest BCUT2D eigenvalue weighted by molar-refractivity contribution is 8.01. The van der Waals surface area contributed by atoms with E-state index in [4.69, 9.17) is 6.42 Å². The van der Waals surface area contributed by atoms with Gasteiger partial charge in [0.05, 0.1) is 16.4 Å². The Morgan fingerprint density at radius 3 is 3.25 bits per heavy atom. The molecule has 2 heterocycles. The van der Waals surface area contributed by atoms with E-state index in [0.29, 0.717) is 5.75 Å². The van der Waals surface area contributed by atoms with Gasteiger partial charge in [0, 0.05) is 4.88 Å². The minimum Gasteiger partial charge on any atom is -0.297 e. The summed E-state index contributed by atoms with van der Waals surface area (Å²) in [5, 5.41) is 2.13. The highest BCUT2D eigenvalue weighted by atomic mass is 32.2. The van der Waals surface area contributed by atoms with Crippen LogP contribution in [0.2, 0.25) is 0 Å². The van der Waals surface area contributed by atoms with Gasteiger partial charge in [0.25, 0.3) is 0 Å². The summed E-state index contributed by atoms with van der Waals surface area (Å²) < 4.78 is -0.0839. The lowest BCUT2D eigenvalue weighted by molar-refractivity contribution is -0.118. The summed E-state index contributed by atoms with van der Waals surface area (Å²) in [6.07, 6.45) is 8.94. The van der Waals surface area contributed by atoms with E-state index in [1.807, 2.05) is 0 Å². The Bertz CT molecular complexity index is 482. The average molecular weight is 248 g/mol. The van der Waals surface area contributed by atoms with Gasteiger partial charge < -0.3 is 0 Å². The number of thioether (sulfide) groups is 1. The number of terminal acetylenes is 1. The van der Waals surface area contributed by atoms with E-state index in [-0.39, 0.29) is 16.4 Å². The molecular formula is C13H12OS2. The Balaban J connectivity index is 2.15. The first-order chi connectivity index (χ1) is 7.78. The minimum atomic E-state index is -0.203. The fraction of sp³-hybridized carbons (Fsp3) is 0.462. The minimum absolute atomic E-state index is 0.0839. The van der Waals surface area contributed by atoms with E-state index in [2.05, 4.69) is 17.4 Å². The highest BCUT2D eigenvalue weighted by Crippen LogP contribution is 2.56. The van der Waals surface area contributed by atoms with Crippen molar-refractivity contribution in [2.45, 2.75) is 24.0 Å². The van der Waals surface area contributed by atoms with Crippen molar-refractivity contribution in [2.75, 3.05) is 5.75 Å². The standard InChI is InChI=1S/C13H12OS2/c1-2-9-11(14)8-16-13(9)6-3-4-12-10(13)5-7-15-12/h1,5,7,9H,3-4,6,8H2. The Morgan fingerprint density at radius 1 is 1.56 bits per heavy atom. The van der Waals surface area contributed by atoms with Crippen LogP contribution in [0.1, 0.15) is 23.3 Å². The van der Waals surface area contributed by atoms with Gasteiger partial charge in [-0.15, -0.1) is 29.5 Å². The third kappa shape index (κ3) is 1.23. The largest absolute Gasteiger partial charge is 0.297 e. The monoisotopic (exact) mass is 248 g/mol. The van der Waals surface area contributed by atoms with Gasteiger partial charge in [-0.25, -0.2) is 0 Å². The van der Waals surface area contributed by atoms with Crippen molar-refractivity contribution in [3.05, 3.63) is 21.9 Å². The normalized spacial score (nSPS) is 32.7. The second-order valence-corrected chi connectivity index (χ2v) is 6.66. The van der Waals surface area contributed by atoms with Crippen molar-refractivity contribution in [1.82, 2.24) is 0 Å². The van der Waals surface area contributed by atoms with E-state index < -0.39 is 0 Å². The lowest BCUT2D eigenvalue weighted by Gasteiger charge is -2.35. The molecule has 1 aliphatic heterocycles. The van der Waals surface area contributed by atoms with Gasteiger partial charge in [-0.05, 0) is 36.3 Å². The van der Waals surface area contributed by atoms with Gasteiger partial charge in [0.15, 0.2) is 5.78 Å². The molecule has 0 N–H and O–H groups in total. The number of hydrogen-bond donors (Lipinski definition) is 0. The number of ketones is 1. The highest BCUT2D eigenvalue weighted by Gasteiger charge is 2.51. The van der Waals surface area contributed by atoms with E-state index in [1.165, 1.54) is 10.4 Å². The molecule has 0 saturated carbocycles. The van der Waals surface area contributed by atoms with Crippen LogP contribution in [0.15, 0.2) is 11.4 Å². The van der Waals surface area contributed by atoms with Gasteiger partial charge >= 0.3 is 0 Å². The molecular weight excluding hydrogens is 236 g/mol. The molecule has 2 unspecified atom stereocenters. The number of carbonyl (C=O) groups excluding carboxylic acids is 1. The van der Waals surface area contributed by atoms with Gasteiger partial charge in [-0.3, -0.25) is 4.79 Å². The first kappa shape index (κ1) is 10.4. The summed E-state index contributed by atoms with van der Waals surface area (Å²) in [6, 6.07) is 2.18. The predicted molar refractivity (Wildman–Crippen MR) is 68.7 cm³/mol. The van der Waals surface area contributed by atoms with Crippen LogP contribution in [0, 0.1) is 18.3 Å². The van der Waals surface area contributed by atoms with E-state index in [0.717, 1.165) is 19.3 Å². The molecule has 82 valence electrons. The van der Waals surface area contributed by atoms with Crippen LogP contribution in [0.25, 0.3) is 0 Å². The molecule has 2 atom stereocenters. The first-order valence-electron chi connectivity index (χ1n) is 5.47. The molecule has 1 spiro atoms. The molecule has 0 amide bonds. The molecule has 3 rings (SSSR count). The second kappa shape index (κ2) is 3.65. The summed E-state index contributed by atoms with van der Waals surface area (Å²) in [5.74, 6) is 3.37. The molecule has 1 aromatic heterocycles. The third-order valence-electron chi connectivity index (χ3n) is 3.58. The van der Waals surface area contributed by atoms with Crippen molar-refractivity contribution in [2.24, 2.45) is 5.92 Å². The molecule has 0 bridgehead atoms. The van der Waals surface area contributed by atoms with Crippen molar-refractivity contribution < 1.29 is 4.79 Å². The number of hydrogen-bond acceptors (Lipinski definition) is 3. The van der Waals surface area contributed by atoms with Gasteiger partial charge in [-0.1, -0.05) is 5.92 Å². The predicted octanol–water partition coefficient (Wildman–Crippen LogP) is 2.85. The van der Waals surface area contributed by atoms with Crippen LogP contribution in [0.4, 0.5) is 0 Å². The molecule has 16 heavy (non-hydrogen) atoms. The molecule has 0 radical (unpaired) electrons. The number of aryl methyl sites for hydroxylation is 1. The Morgan fingerprint density at radius 2 is 2.44 bits per heavy atom. The topological polar surface area (TPSA) is 17.1 Å². The Hall–Kier alpha value is -0.720. The SMILES string of the molecule is C#CC1C(=O)CSC12CCCc1sccc12. The van der Waals surface area contributed by atoms with Crippen LogP contribution < -0.4 is 0 Å². The van der Waals surface area contributed by atoms with Gasteiger partial charge in [0.1, 0.15) is 0 Å². The molecule has 1 aromatic rings. The van der Waals surface area contributed by atoms with Crippen molar-refractivity contribution in [1.29, 1.82) is 0 Å². The molecule has 1 saturated heterocycles. The molecule has 1 fully saturated rings. The zero-order chi connectivity index (χ0) is 11.2. The number of Topliss-reactive ketones (excluding diaryl/α,β-unsaturated/α-hetero) is 1. The van der Waals surface area contributed by atoms with Crippen LogP contribution in [-0.4, -0.2) is 11.5 Å². The van der Waals surface area contributed by atoms with Crippen LogP contribution in [0.5, 0.6) is 0 Å². The van der Waals surface area contributed by atoms with Crippen molar-refractivity contribution >= 4 is 28.9 Å². The van der Waals surface area contributed by atoms with E-state index in [9.17, 15) is 4.79 Å². The molecule has 0 aromatic carbocycles. The average Bonchev–Trinajstić information content (AvgIpc) is 2.86. The second-order valence-electron chi connectivity index (χ2n) is 4.36. The van der Waals surface area contributed by atoms with Crippen LogP contribution in [-0.2, 0) is 16.0 Å². The lowest BCUT2D eigenvalue weighted by atomic mass is 9.77. The number of thiophene rings is 1. The van der Waals surface area contributed by atoms with Crippen LogP contribution in [0.3, 0.4) is 0 Å². The molecule has 1 nitrogen and oxygen atoms in total. The lowest BCUT2D eigenvalue weighted by Crippen LogP contribution is -2.33. The fourth-order valence-corrected chi connectivity index (χ4v) is 5.50. The van der Waals surface area contributed by atoms with E-state index >= 15 is 0 Å². The zero-order valence-corrected chi connectivity index (χ0v) is 10.5. The summed E-state index contributed by atoms with van der Waals surface area (Å²) in [4.78, 5) is 13.3. The maximum atomic E-state index is 11.9. The summed E-state index contributed by atoms with van der Waals surface area (Å²) >= 11 is 3.58. The molecule has 3 heteroatoms. The van der Waals surface area contributed by atoms with Gasteiger partial charge in [-0.2, -0.15) is 0 Å². The Labute approximate surface area is 104 Å². The van der Waals surface area contributed by atoms with E-state index in [1.54, 1.807) is 23.1 Å². The maximum absolute atomic E-state index is 11.9. The summed E-state index contributed by atoms with van der Waals surface area (Å²) in [6.45, 7) is 0. The first-order valence-corrected chi connectivity index (χ1v) is 7.34. The number of rotatable bonds is 0.